The number of hydrogen-bond acceptors (Lipinski definition) is 2. The summed E-state index contributed by atoms with van der Waals surface area (Å²) in [5.74, 6) is 0.316. The van der Waals surface area contributed by atoms with Gasteiger partial charge in [0.05, 0.1) is 0 Å². The first kappa shape index (κ1) is 16.3. The molecule has 0 bridgehead atoms. The SMILES string of the molecule is CCC(NC(C)c1cccc(Cl)c1)c1cc(Br)ccc1O. The van der Waals surface area contributed by atoms with Crippen LogP contribution < -0.4 is 5.32 Å². The molecule has 0 amide bonds. The van der Waals surface area contributed by atoms with Gasteiger partial charge in [-0.15, -0.1) is 0 Å². The maximum atomic E-state index is 10.1. The summed E-state index contributed by atoms with van der Waals surface area (Å²) in [6.07, 6.45) is 0.884. The molecule has 2 unspecified atom stereocenters. The number of phenolic OH excluding ortho intramolecular Hbond substituents is 1. The van der Waals surface area contributed by atoms with Crippen molar-refractivity contribution in [2.24, 2.45) is 0 Å². The molecular formula is C17H19BrClNO. The third-order valence-corrected chi connectivity index (χ3v) is 4.30. The van der Waals surface area contributed by atoms with Crippen LogP contribution in [0, 0.1) is 0 Å². The van der Waals surface area contributed by atoms with E-state index >= 15 is 0 Å². The standard InChI is InChI=1S/C17H19BrClNO/c1-3-16(15-10-13(18)7-8-17(15)21)20-11(2)12-5-4-6-14(19)9-12/h4-11,16,20-21H,3H2,1-2H3. The molecule has 0 saturated carbocycles. The Labute approximate surface area is 139 Å². The Bertz CT molecular complexity index is 617. The lowest BCUT2D eigenvalue weighted by molar-refractivity contribution is 0.419. The predicted octanol–water partition coefficient (Wildman–Crippen LogP) is 5.61. The molecule has 0 aliphatic heterocycles. The van der Waals surface area contributed by atoms with E-state index < -0.39 is 0 Å². The van der Waals surface area contributed by atoms with E-state index in [0.29, 0.717) is 5.75 Å². The van der Waals surface area contributed by atoms with Crippen LogP contribution in [-0.4, -0.2) is 5.11 Å². The van der Waals surface area contributed by atoms with Gasteiger partial charge in [-0.3, -0.25) is 0 Å². The third-order valence-electron chi connectivity index (χ3n) is 3.57. The zero-order valence-corrected chi connectivity index (χ0v) is 14.4. The molecule has 112 valence electrons. The molecule has 0 heterocycles. The smallest absolute Gasteiger partial charge is 0.120 e. The van der Waals surface area contributed by atoms with E-state index in [1.807, 2.05) is 30.3 Å². The lowest BCUT2D eigenvalue weighted by Crippen LogP contribution is -2.24. The molecule has 2 atom stereocenters. The summed E-state index contributed by atoms with van der Waals surface area (Å²) in [7, 11) is 0. The van der Waals surface area contributed by atoms with Crippen LogP contribution in [0.3, 0.4) is 0 Å². The molecule has 2 aromatic carbocycles. The zero-order chi connectivity index (χ0) is 15.4. The molecule has 4 heteroatoms. The van der Waals surface area contributed by atoms with Crippen LogP contribution in [0.15, 0.2) is 46.9 Å². The lowest BCUT2D eigenvalue weighted by Gasteiger charge is -2.24. The van der Waals surface area contributed by atoms with Crippen molar-refractivity contribution in [3.8, 4) is 5.75 Å². The van der Waals surface area contributed by atoms with Crippen molar-refractivity contribution in [1.29, 1.82) is 0 Å². The summed E-state index contributed by atoms with van der Waals surface area (Å²) >= 11 is 9.51. The molecule has 0 aromatic heterocycles. The minimum absolute atomic E-state index is 0.0801. The fourth-order valence-corrected chi connectivity index (χ4v) is 2.98. The van der Waals surface area contributed by atoms with Gasteiger partial charge in [0.25, 0.3) is 0 Å². The second kappa shape index (κ2) is 7.30. The Morgan fingerprint density at radius 2 is 2.00 bits per heavy atom. The molecule has 0 spiro atoms. The molecule has 2 nitrogen and oxygen atoms in total. The van der Waals surface area contributed by atoms with E-state index in [2.05, 4.69) is 41.2 Å². The highest BCUT2D eigenvalue weighted by Crippen LogP contribution is 2.31. The molecule has 0 saturated heterocycles. The van der Waals surface area contributed by atoms with Crippen molar-refractivity contribution in [3.63, 3.8) is 0 Å². The Balaban J connectivity index is 2.20. The molecule has 0 aliphatic carbocycles. The van der Waals surface area contributed by atoms with E-state index in [-0.39, 0.29) is 12.1 Å². The summed E-state index contributed by atoms with van der Waals surface area (Å²) in [4.78, 5) is 0. The Kier molecular flexibility index (Phi) is 5.68. The molecule has 0 aliphatic rings. The van der Waals surface area contributed by atoms with Gasteiger partial charge in [0.15, 0.2) is 0 Å². The zero-order valence-electron chi connectivity index (χ0n) is 12.1. The minimum Gasteiger partial charge on any atom is -0.508 e. The summed E-state index contributed by atoms with van der Waals surface area (Å²) in [6, 6.07) is 13.6. The average Bonchev–Trinajstić information content (AvgIpc) is 2.47. The fourth-order valence-electron chi connectivity index (χ4n) is 2.41. The predicted molar refractivity (Wildman–Crippen MR) is 91.8 cm³/mol. The van der Waals surface area contributed by atoms with Gasteiger partial charge in [-0.05, 0) is 49.2 Å². The maximum absolute atomic E-state index is 10.1. The molecular weight excluding hydrogens is 350 g/mol. The fraction of sp³-hybridized carbons (Fsp3) is 0.294. The molecule has 2 rings (SSSR count). The third kappa shape index (κ3) is 4.22. The molecule has 2 N–H and O–H groups in total. The van der Waals surface area contributed by atoms with E-state index in [4.69, 9.17) is 11.6 Å². The van der Waals surface area contributed by atoms with E-state index in [1.165, 1.54) is 0 Å². The number of hydrogen-bond donors (Lipinski definition) is 2. The topological polar surface area (TPSA) is 32.3 Å². The van der Waals surface area contributed by atoms with Crippen molar-refractivity contribution in [2.45, 2.75) is 32.4 Å². The van der Waals surface area contributed by atoms with Crippen LogP contribution in [0.1, 0.15) is 43.5 Å². The average molecular weight is 369 g/mol. The monoisotopic (exact) mass is 367 g/mol. The number of rotatable bonds is 5. The van der Waals surface area contributed by atoms with E-state index in [0.717, 1.165) is 27.0 Å². The summed E-state index contributed by atoms with van der Waals surface area (Å²) in [5.41, 5.74) is 2.04. The highest BCUT2D eigenvalue weighted by molar-refractivity contribution is 9.10. The van der Waals surface area contributed by atoms with Gasteiger partial charge >= 0.3 is 0 Å². The normalized spacial score (nSPS) is 13.9. The van der Waals surface area contributed by atoms with Gasteiger partial charge < -0.3 is 10.4 Å². The highest BCUT2D eigenvalue weighted by Gasteiger charge is 2.17. The van der Waals surface area contributed by atoms with Gasteiger partial charge in [0.2, 0.25) is 0 Å². The van der Waals surface area contributed by atoms with Gasteiger partial charge in [-0.2, -0.15) is 0 Å². The van der Waals surface area contributed by atoms with Crippen molar-refractivity contribution in [2.75, 3.05) is 0 Å². The Morgan fingerprint density at radius 1 is 1.24 bits per heavy atom. The Hall–Kier alpha value is -1.03. The number of phenols is 1. The summed E-state index contributed by atoms with van der Waals surface area (Å²) in [6.45, 7) is 4.20. The first-order valence-corrected chi connectivity index (χ1v) is 8.18. The van der Waals surface area contributed by atoms with Crippen LogP contribution in [0.2, 0.25) is 5.02 Å². The van der Waals surface area contributed by atoms with Crippen LogP contribution in [-0.2, 0) is 0 Å². The second-order valence-corrected chi connectivity index (χ2v) is 6.46. The van der Waals surface area contributed by atoms with Crippen LogP contribution in [0.25, 0.3) is 0 Å². The molecule has 21 heavy (non-hydrogen) atoms. The van der Waals surface area contributed by atoms with E-state index in [1.54, 1.807) is 6.07 Å². The molecule has 0 fully saturated rings. The van der Waals surface area contributed by atoms with Crippen LogP contribution in [0.5, 0.6) is 5.75 Å². The number of nitrogens with one attached hydrogen (secondary N) is 1. The quantitative estimate of drug-likeness (QED) is 0.719. The van der Waals surface area contributed by atoms with Crippen molar-refractivity contribution in [1.82, 2.24) is 5.32 Å². The largest absolute Gasteiger partial charge is 0.508 e. The highest BCUT2D eigenvalue weighted by atomic mass is 79.9. The van der Waals surface area contributed by atoms with Gasteiger partial charge in [-0.25, -0.2) is 0 Å². The van der Waals surface area contributed by atoms with Gasteiger partial charge in [-0.1, -0.05) is 46.6 Å². The summed E-state index contributed by atoms with van der Waals surface area (Å²) in [5, 5.41) is 14.4. The number of benzene rings is 2. The number of aromatic hydroxyl groups is 1. The Morgan fingerprint density at radius 3 is 2.67 bits per heavy atom. The molecule has 2 aromatic rings. The van der Waals surface area contributed by atoms with E-state index in [9.17, 15) is 5.11 Å². The van der Waals surface area contributed by atoms with Gasteiger partial charge in [0, 0.05) is 27.1 Å². The van der Waals surface area contributed by atoms with Crippen molar-refractivity contribution in [3.05, 3.63) is 63.1 Å². The van der Waals surface area contributed by atoms with Crippen molar-refractivity contribution < 1.29 is 5.11 Å². The summed E-state index contributed by atoms with van der Waals surface area (Å²) < 4.78 is 0.964. The first-order valence-electron chi connectivity index (χ1n) is 7.01. The van der Waals surface area contributed by atoms with Gasteiger partial charge in [0.1, 0.15) is 5.75 Å². The minimum atomic E-state index is 0.0801. The lowest BCUT2D eigenvalue weighted by atomic mass is 10.0. The number of halogens is 2. The van der Waals surface area contributed by atoms with Crippen LogP contribution in [0.4, 0.5) is 0 Å². The molecule has 0 radical (unpaired) electrons. The van der Waals surface area contributed by atoms with Crippen molar-refractivity contribution >= 4 is 27.5 Å². The first-order chi connectivity index (χ1) is 10.0. The van der Waals surface area contributed by atoms with Crippen LogP contribution >= 0.6 is 27.5 Å². The maximum Gasteiger partial charge on any atom is 0.120 e. The second-order valence-electron chi connectivity index (χ2n) is 5.11.